The predicted octanol–water partition coefficient (Wildman–Crippen LogP) is 6.60. The van der Waals surface area contributed by atoms with Gasteiger partial charge in [-0.1, -0.05) is 54.1 Å². The zero-order valence-electron chi connectivity index (χ0n) is 16.9. The third-order valence-corrected chi connectivity index (χ3v) is 6.35. The van der Waals surface area contributed by atoms with Crippen molar-refractivity contribution in [2.45, 2.75) is 32.9 Å². The third kappa shape index (κ3) is 3.91. The standard InChI is InChI=1S/C25H26F3N/c1-16(2)21-14-29(15-21)13-20-9-8-18-12-19(10-11-22(18)17(20)3)23-6-4-5-7-24(23)25(26,27)28/h4-7,10-12,21H,1,8-9,13-15H2,2-3H3. The first-order valence-electron chi connectivity index (χ1n) is 10.1. The topological polar surface area (TPSA) is 3.24 Å². The Balaban J connectivity index is 1.59. The molecular weight excluding hydrogens is 371 g/mol. The van der Waals surface area contributed by atoms with Crippen LogP contribution in [0.2, 0.25) is 0 Å². The summed E-state index contributed by atoms with van der Waals surface area (Å²) in [6.45, 7) is 11.4. The molecule has 1 saturated heterocycles. The Hall–Kier alpha value is -2.33. The van der Waals surface area contributed by atoms with Crippen molar-refractivity contribution in [1.82, 2.24) is 4.90 Å². The molecule has 0 saturated carbocycles. The lowest BCUT2D eigenvalue weighted by Gasteiger charge is -2.41. The van der Waals surface area contributed by atoms with Crippen LogP contribution in [0.1, 0.15) is 37.0 Å². The second-order valence-corrected chi connectivity index (χ2v) is 8.38. The fourth-order valence-electron chi connectivity index (χ4n) is 4.46. The first kappa shape index (κ1) is 20.0. The Morgan fingerprint density at radius 3 is 2.48 bits per heavy atom. The molecular formula is C25H26F3N. The van der Waals surface area contributed by atoms with Crippen LogP contribution in [0.4, 0.5) is 13.2 Å². The van der Waals surface area contributed by atoms with Gasteiger partial charge >= 0.3 is 6.18 Å². The van der Waals surface area contributed by atoms with E-state index in [0.29, 0.717) is 11.5 Å². The van der Waals surface area contributed by atoms with E-state index < -0.39 is 11.7 Å². The lowest BCUT2D eigenvalue weighted by atomic mass is 9.83. The second kappa shape index (κ2) is 7.49. The van der Waals surface area contributed by atoms with Crippen LogP contribution in [0.25, 0.3) is 16.7 Å². The fourth-order valence-corrected chi connectivity index (χ4v) is 4.46. The number of nitrogens with zero attached hydrogens (tertiary/aromatic N) is 1. The molecule has 0 radical (unpaired) electrons. The van der Waals surface area contributed by atoms with E-state index >= 15 is 0 Å². The number of hydrogen-bond acceptors (Lipinski definition) is 1. The maximum atomic E-state index is 13.4. The van der Waals surface area contributed by atoms with Crippen molar-refractivity contribution in [2.24, 2.45) is 5.92 Å². The molecule has 0 N–H and O–H groups in total. The molecule has 152 valence electrons. The van der Waals surface area contributed by atoms with Crippen LogP contribution in [0.5, 0.6) is 0 Å². The van der Waals surface area contributed by atoms with Gasteiger partial charge < -0.3 is 0 Å². The van der Waals surface area contributed by atoms with E-state index in [2.05, 4.69) is 25.3 Å². The van der Waals surface area contributed by atoms with Gasteiger partial charge in [0.2, 0.25) is 0 Å². The molecule has 2 aliphatic rings. The molecule has 0 bridgehead atoms. The van der Waals surface area contributed by atoms with Gasteiger partial charge in [0.15, 0.2) is 0 Å². The summed E-state index contributed by atoms with van der Waals surface area (Å²) < 4.78 is 40.2. The molecule has 0 aromatic heterocycles. The van der Waals surface area contributed by atoms with E-state index in [4.69, 9.17) is 0 Å². The van der Waals surface area contributed by atoms with E-state index in [0.717, 1.165) is 44.1 Å². The molecule has 0 unspecified atom stereocenters. The maximum absolute atomic E-state index is 13.4. The zero-order valence-corrected chi connectivity index (χ0v) is 16.9. The van der Waals surface area contributed by atoms with Gasteiger partial charge in [-0.15, -0.1) is 0 Å². The van der Waals surface area contributed by atoms with Crippen LogP contribution in [-0.4, -0.2) is 24.5 Å². The quantitative estimate of drug-likeness (QED) is 0.525. The van der Waals surface area contributed by atoms with Gasteiger partial charge in [0.1, 0.15) is 0 Å². The van der Waals surface area contributed by atoms with Gasteiger partial charge in [0, 0.05) is 25.6 Å². The molecule has 29 heavy (non-hydrogen) atoms. The van der Waals surface area contributed by atoms with Gasteiger partial charge in [-0.05, 0) is 60.6 Å². The Kier molecular flexibility index (Phi) is 5.16. The summed E-state index contributed by atoms with van der Waals surface area (Å²) in [4.78, 5) is 2.46. The highest BCUT2D eigenvalue weighted by molar-refractivity contribution is 5.77. The third-order valence-electron chi connectivity index (χ3n) is 6.35. The molecule has 1 fully saturated rings. The van der Waals surface area contributed by atoms with Crippen LogP contribution < -0.4 is 0 Å². The number of fused-ring (bicyclic) bond motifs is 1. The number of halogens is 3. The first-order chi connectivity index (χ1) is 13.7. The average molecular weight is 397 g/mol. The molecule has 1 heterocycles. The van der Waals surface area contributed by atoms with E-state index in [-0.39, 0.29) is 5.56 Å². The van der Waals surface area contributed by atoms with Gasteiger partial charge in [-0.2, -0.15) is 13.2 Å². The van der Waals surface area contributed by atoms with E-state index in [9.17, 15) is 13.2 Å². The lowest BCUT2D eigenvalue weighted by molar-refractivity contribution is -0.137. The van der Waals surface area contributed by atoms with Crippen LogP contribution in [0.3, 0.4) is 0 Å². The molecule has 1 aliphatic heterocycles. The summed E-state index contributed by atoms with van der Waals surface area (Å²) >= 11 is 0. The number of hydrogen-bond donors (Lipinski definition) is 0. The normalized spacial score (nSPS) is 17.8. The van der Waals surface area contributed by atoms with Crippen LogP contribution in [0.15, 0.2) is 60.2 Å². The highest BCUT2D eigenvalue weighted by Crippen LogP contribution is 2.39. The van der Waals surface area contributed by atoms with Crippen LogP contribution in [-0.2, 0) is 12.6 Å². The Morgan fingerprint density at radius 1 is 1.07 bits per heavy atom. The van der Waals surface area contributed by atoms with Gasteiger partial charge in [-0.3, -0.25) is 4.90 Å². The number of rotatable bonds is 4. The van der Waals surface area contributed by atoms with Crippen molar-refractivity contribution in [1.29, 1.82) is 0 Å². The minimum absolute atomic E-state index is 0.252. The number of aryl methyl sites for hydroxylation is 1. The summed E-state index contributed by atoms with van der Waals surface area (Å²) in [7, 11) is 0. The molecule has 2 aromatic rings. The maximum Gasteiger partial charge on any atom is 0.417 e. The Bertz CT molecular complexity index is 978. The van der Waals surface area contributed by atoms with Crippen molar-refractivity contribution >= 4 is 5.57 Å². The predicted molar refractivity (Wildman–Crippen MR) is 113 cm³/mol. The number of alkyl halides is 3. The van der Waals surface area contributed by atoms with Crippen molar-refractivity contribution in [2.75, 3.05) is 19.6 Å². The molecule has 0 spiro atoms. The number of likely N-dealkylation sites (tertiary alicyclic amines) is 1. The van der Waals surface area contributed by atoms with Gasteiger partial charge in [0.25, 0.3) is 0 Å². The fraction of sp³-hybridized carbons (Fsp3) is 0.360. The van der Waals surface area contributed by atoms with Crippen molar-refractivity contribution in [3.8, 4) is 11.1 Å². The lowest BCUT2D eigenvalue weighted by Crippen LogP contribution is -2.47. The molecule has 1 nitrogen and oxygen atoms in total. The molecule has 0 atom stereocenters. The largest absolute Gasteiger partial charge is 0.417 e. The van der Waals surface area contributed by atoms with Crippen LogP contribution in [0, 0.1) is 5.92 Å². The van der Waals surface area contributed by atoms with Gasteiger partial charge in [-0.25, -0.2) is 0 Å². The van der Waals surface area contributed by atoms with Crippen molar-refractivity contribution in [3.05, 3.63) is 76.9 Å². The molecule has 0 amide bonds. The second-order valence-electron chi connectivity index (χ2n) is 8.38. The van der Waals surface area contributed by atoms with E-state index in [1.807, 2.05) is 18.2 Å². The first-order valence-corrected chi connectivity index (χ1v) is 10.1. The van der Waals surface area contributed by atoms with Crippen LogP contribution >= 0.6 is 0 Å². The van der Waals surface area contributed by atoms with Crippen molar-refractivity contribution in [3.63, 3.8) is 0 Å². The highest BCUT2D eigenvalue weighted by Gasteiger charge is 2.33. The summed E-state index contributed by atoms with van der Waals surface area (Å²) in [5.41, 5.74) is 6.62. The number of allylic oxidation sites excluding steroid dienone is 1. The number of benzene rings is 2. The Labute approximate surface area is 170 Å². The highest BCUT2D eigenvalue weighted by atomic mass is 19.4. The summed E-state index contributed by atoms with van der Waals surface area (Å²) in [5, 5.41) is 0. The summed E-state index contributed by atoms with van der Waals surface area (Å²) in [6, 6.07) is 11.6. The van der Waals surface area contributed by atoms with Gasteiger partial charge in [0.05, 0.1) is 5.56 Å². The zero-order chi connectivity index (χ0) is 20.8. The van der Waals surface area contributed by atoms with E-state index in [1.54, 1.807) is 12.1 Å². The molecule has 4 rings (SSSR count). The monoisotopic (exact) mass is 397 g/mol. The average Bonchev–Trinajstić information content (AvgIpc) is 2.64. The molecule has 2 aromatic carbocycles. The van der Waals surface area contributed by atoms with E-state index in [1.165, 1.54) is 28.3 Å². The molecule has 4 heteroatoms. The summed E-state index contributed by atoms with van der Waals surface area (Å²) in [6.07, 6.45) is -2.51. The minimum atomic E-state index is -4.35. The van der Waals surface area contributed by atoms with Crippen molar-refractivity contribution < 1.29 is 13.2 Å². The SMILES string of the molecule is C=C(C)C1CN(CC2=C(C)c3ccc(-c4ccccc4C(F)(F)F)cc3CC2)C1. The Morgan fingerprint density at radius 2 is 1.79 bits per heavy atom. The summed E-state index contributed by atoms with van der Waals surface area (Å²) in [5.74, 6) is 0.614. The smallest absolute Gasteiger partial charge is 0.298 e. The minimum Gasteiger partial charge on any atom is -0.298 e. The molecule has 1 aliphatic carbocycles.